The first-order chi connectivity index (χ1) is 58.5. The van der Waals surface area contributed by atoms with Gasteiger partial charge in [-0.1, -0.05) is 340 Å². The lowest BCUT2D eigenvalue weighted by Gasteiger charge is -2.35. The molecule has 0 radical (unpaired) electrons. The van der Waals surface area contributed by atoms with E-state index in [-0.39, 0.29) is 0 Å². The fourth-order valence-electron chi connectivity index (χ4n) is 19.9. The fourth-order valence-corrected chi connectivity index (χ4v) is 22.1. The highest BCUT2D eigenvalue weighted by Crippen LogP contribution is 2.66. The molecule has 0 bridgehead atoms. The van der Waals surface area contributed by atoms with Gasteiger partial charge in [-0.2, -0.15) is 0 Å². The van der Waals surface area contributed by atoms with E-state index in [1.165, 1.54) is 152 Å². The molecule has 0 aliphatic heterocycles. The summed E-state index contributed by atoms with van der Waals surface area (Å²) in [6.07, 6.45) is 3.68. The van der Waals surface area contributed by atoms with Crippen molar-refractivity contribution in [1.29, 1.82) is 0 Å². The summed E-state index contributed by atoms with van der Waals surface area (Å²) in [5.41, 5.74) is 33.9. The van der Waals surface area contributed by atoms with E-state index in [0.29, 0.717) is 23.3 Å². The third kappa shape index (κ3) is 10.2. The van der Waals surface area contributed by atoms with Crippen LogP contribution in [0.3, 0.4) is 0 Å². The first-order valence-electron chi connectivity index (χ1n) is 40.1. The number of fused-ring (bicyclic) bond motifs is 32. The molecule has 16 aromatic carbocycles. The van der Waals surface area contributed by atoms with Crippen LogP contribution >= 0.6 is 22.7 Å². The standard InChI is InChI=1S/C57H34N4S.C53H32N2S/c1-2-13-36(14-3-1)54-59-55(37-26-24-35(25-27-37)39-15-12-32-58-34-39)61-56(60-54)38-28-29-43-41-17-5-4-16-40(41)42-18-6-9-21-46(42)57(49(43)33-38)47-22-10-7-19-44(47)52-48(57)30-31-51-53(52)45-20-8-11-23-50(45)62-51;1-3-15-33(16-4-1)46-32-47(55-52(54-46)34-17-5-2-6-18-34)35-27-28-39-37-20-8-7-19-36(37)38-21-9-12-24-42(38)53(45(39)31-35)43-25-13-10-22-40(43)50-44(53)29-30-49-51(50)41-23-11-14-26-48(41)56-49/h1-34H;1-32H. The highest BCUT2D eigenvalue weighted by Gasteiger charge is 2.53. The molecule has 0 amide bonds. The molecule has 118 heavy (non-hydrogen) atoms. The third-order valence-electron chi connectivity index (χ3n) is 24.8. The fraction of sp³-hybridized carbons (Fsp3) is 0.0182. The molecule has 21 aromatic rings. The van der Waals surface area contributed by atoms with Crippen molar-refractivity contribution in [2.45, 2.75) is 10.8 Å². The molecule has 4 aliphatic carbocycles. The number of hydrogen-bond donors (Lipinski definition) is 0. The van der Waals surface area contributed by atoms with E-state index in [2.05, 4.69) is 363 Å². The molecule has 0 N–H and O–H groups in total. The minimum Gasteiger partial charge on any atom is -0.264 e. The summed E-state index contributed by atoms with van der Waals surface area (Å²) in [7, 11) is 0. The highest BCUT2D eigenvalue weighted by atomic mass is 32.1. The second kappa shape index (κ2) is 26.9. The van der Waals surface area contributed by atoms with E-state index in [1.807, 2.05) is 59.2 Å². The summed E-state index contributed by atoms with van der Waals surface area (Å²) in [6, 6.07) is 141. The zero-order valence-electron chi connectivity index (χ0n) is 63.6. The Balaban J connectivity index is 0.000000135. The van der Waals surface area contributed by atoms with Gasteiger partial charge in [-0.15, -0.1) is 22.7 Å². The van der Waals surface area contributed by atoms with Crippen LogP contribution in [-0.4, -0.2) is 29.9 Å². The summed E-state index contributed by atoms with van der Waals surface area (Å²) in [5.74, 6) is 2.59. The summed E-state index contributed by atoms with van der Waals surface area (Å²) < 4.78 is 5.24. The van der Waals surface area contributed by atoms with Gasteiger partial charge in [0.05, 0.1) is 22.2 Å². The number of hydrogen-bond acceptors (Lipinski definition) is 8. The largest absolute Gasteiger partial charge is 0.264 e. The van der Waals surface area contributed by atoms with Crippen molar-refractivity contribution in [1.82, 2.24) is 29.9 Å². The molecule has 2 unspecified atom stereocenters. The van der Waals surface area contributed by atoms with Crippen LogP contribution in [0.1, 0.15) is 44.5 Å². The maximum atomic E-state index is 5.32. The van der Waals surface area contributed by atoms with Crippen molar-refractivity contribution in [3.05, 3.63) is 445 Å². The average molecular weight is 1540 g/mol. The summed E-state index contributed by atoms with van der Waals surface area (Å²) in [4.78, 5) is 30.5. The topological polar surface area (TPSA) is 77.3 Å². The molecule has 8 heteroatoms. The number of benzene rings is 16. The molecule has 2 atom stereocenters. The van der Waals surface area contributed by atoms with Gasteiger partial charge in [-0.25, -0.2) is 24.9 Å². The van der Waals surface area contributed by atoms with E-state index in [9.17, 15) is 0 Å². The van der Waals surface area contributed by atoms with E-state index < -0.39 is 10.8 Å². The van der Waals surface area contributed by atoms with Gasteiger partial charge in [0.25, 0.3) is 0 Å². The van der Waals surface area contributed by atoms with Gasteiger partial charge < -0.3 is 0 Å². The van der Waals surface area contributed by atoms with Crippen molar-refractivity contribution in [2.24, 2.45) is 0 Å². The predicted molar refractivity (Wildman–Crippen MR) is 487 cm³/mol. The monoisotopic (exact) mass is 1530 g/mol. The maximum Gasteiger partial charge on any atom is 0.164 e. The molecular weight excluding hydrogens is 1470 g/mol. The number of thiophene rings is 2. The van der Waals surface area contributed by atoms with Crippen LogP contribution in [0, 0.1) is 0 Å². The van der Waals surface area contributed by atoms with Gasteiger partial charge in [0.15, 0.2) is 23.3 Å². The molecule has 25 rings (SSSR count). The summed E-state index contributed by atoms with van der Waals surface area (Å²) in [6.45, 7) is 0. The second-order valence-electron chi connectivity index (χ2n) is 30.9. The molecule has 4 aliphatic rings. The minimum absolute atomic E-state index is 0.609. The van der Waals surface area contributed by atoms with Crippen LogP contribution in [0.5, 0.6) is 0 Å². The first-order valence-corrected chi connectivity index (χ1v) is 41.7. The Morgan fingerprint density at radius 2 is 0.534 bits per heavy atom. The van der Waals surface area contributed by atoms with Crippen LogP contribution < -0.4 is 0 Å². The van der Waals surface area contributed by atoms with Gasteiger partial charge in [-0.3, -0.25) is 4.98 Å². The number of pyridine rings is 1. The van der Waals surface area contributed by atoms with Gasteiger partial charge >= 0.3 is 0 Å². The summed E-state index contributed by atoms with van der Waals surface area (Å²) in [5, 5.41) is 5.29. The van der Waals surface area contributed by atoms with Crippen LogP contribution in [0.15, 0.2) is 401 Å². The maximum absolute atomic E-state index is 5.32. The smallest absolute Gasteiger partial charge is 0.164 e. The Labute approximate surface area is 689 Å². The SMILES string of the molecule is c1ccc(-c2cc(-c3ccc4c(c3)C3(c5ccccc5-c5ccccc5-4)c4ccccc4-c4c3ccc3sc5ccccc5c43)nc(-c3ccccc3)n2)cc1.c1ccc(-c2nc(-c3ccc(-c4cccnc4)cc3)nc(-c3ccc4c(c3)C3(c5ccccc5-c5ccccc5-4)c4ccccc4-c4c3ccc3sc5ccccc5c43)n2)cc1. The molecule has 2 spiro atoms. The van der Waals surface area contributed by atoms with E-state index >= 15 is 0 Å². The Morgan fingerprint density at radius 3 is 1.01 bits per heavy atom. The van der Waals surface area contributed by atoms with Gasteiger partial charge in [-0.05, 0) is 171 Å². The normalized spacial score (nSPS) is 14.7. The second-order valence-corrected chi connectivity index (χ2v) is 33.1. The molecule has 0 saturated heterocycles. The van der Waals surface area contributed by atoms with Crippen molar-refractivity contribution in [3.63, 3.8) is 0 Å². The number of rotatable bonds is 7. The van der Waals surface area contributed by atoms with Crippen molar-refractivity contribution < 1.29 is 0 Å². The van der Waals surface area contributed by atoms with Crippen molar-refractivity contribution >= 4 is 63.0 Å². The molecule has 548 valence electrons. The number of aromatic nitrogens is 6. The lowest BCUT2D eigenvalue weighted by molar-refractivity contribution is 0.776. The number of nitrogens with zero attached hydrogens (tertiary/aromatic N) is 6. The minimum atomic E-state index is -0.662. The molecule has 5 heterocycles. The van der Waals surface area contributed by atoms with Gasteiger partial charge in [0.2, 0.25) is 0 Å². The summed E-state index contributed by atoms with van der Waals surface area (Å²) >= 11 is 3.76. The van der Waals surface area contributed by atoms with E-state index in [4.69, 9.17) is 24.9 Å². The first kappa shape index (κ1) is 67.7. The average Bonchev–Trinajstić information content (AvgIpc) is 1.51. The van der Waals surface area contributed by atoms with Gasteiger partial charge in [0.1, 0.15) is 0 Å². The Bertz CT molecular complexity index is 7630. The zero-order chi connectivity index (χ0) is 77.6. The van der Waals surface area contributed by atoms with Crippen LogP contribution in [0.25, 0.3) is 186 Å². The molecule has 0 saturated carbocycles. The van der Waals surface area contributed by atoms with Crippen LogP contribution in [0.2, 0.25) is 0 Å². The van der Waals surface area contributed by atoms with Crippen LogP contribution in [-0.2, 0) is 10.8 Å². The van der Waals surface area contributed by atoms with Gasteiger partial charge in [0, 0.05) is 86.1 Å². The predicted octanol–water partition coefficient (Wildman–Crippen LogP) is 28.2. The highest BCUT2D eigenvalue weighted by molar-refractivity contribution is 7.26. The Morgan fingerprint density at radius 1 is 0.195 bits per heavy atom. The zero-order valence-corrected chi connectivity index (χ0v) is 65.2. The lowest BCUT2D eigenvalue weighted by atomic mass is 9.65. The van der Waals surface area contributed by atoms with Crippen LogP contribution in [0.4, 0.5) is 0 Å². The third-order valence-corrected chi connectivity index (χ3v) is 27.1. The Hall–Kier alpha value is -14.8. The van der Waals surface area contributed by atoms with Crippen molar-refractivity contribution in [3.8, 4) is 146 Å². The molecule has 5 aromatic heterocycles. The lowest BCUT2D eigenvalue weighted by Crippen LogP contribution is -2.29. The van der Waals surface area contributed by atoms with E-state index in [1.54, 1.807) is 6.20 Å². The molecular formula is C110H66N6S2. The quantitative estimate of drug-likeness (QED) is 0.158. The molecule has 0 fully saturated rings. The molecule has 6 nitrogen and oxygen atoms in total. The van der Waals surface area contributed by atoms with E-state index in [0.717, 1.165) is 55.9 Å². The van der Waals surface area contributed by atoms with Crippen molar-refractivity contribution in [2.75, 3.05) is 0 Å². The Kier molecular flexibility index (Phi) is 15.4.